The van der Waals surface area contributed by atoms with Crippen molar-refractivity contribution >= 4 is 17.7 Å². The van der Waals surface area contributed by atoms with Crippen molar-refractivity contribution in [2.24, 2.45) is 0 Å². The molecule has 1 aromatic heterocycles. The number of ether oxygens (including phenoxy) is 1. The van der Waals surface area contributed by atoms with Crippen LogP contribution in [0.2, 0.25) is 0 Å². The fraction of sp³-hybridized carbons (Fsp3) is 0.333. The molecule has 7 rings (SSSR count). The number of hydrogen-bond acceptors (Lipinski definition) is 6. The number of hydrogen-bond donors (Lipinski definition) is 1. The summed E-state index contributed by atoms with van der Waals surface area (Å²) in [5.74, 6) is -2.63. The number of carbonyl (C=O) groups is 1. The zero-order chi connectivity index (χ0) is 25.4. The number of halogens is 2. The van der Waals surface area contributed by atoms with Gasteiger partial charge in [-0.15, -0.1) is 11.8 Å². The van der Waals surface area contributed by atoms with Gasteiger partial charge in [-0.3, -0.25) is 19.3 Å². The van der Waals surface area contributed by atoms with Crippen molar-refractivity contribution in [2.75, 3.05) is 24.8 Å². The summed E-state index contributed by atoms with van der Waals surface area (Å²) in [5.41, 5.74) is 3.45. The number of thioether (sulfide) groups is 1. The lowest BCUT2D eigenvalue weighted by Crippen LogP contribution is -2.66. The number of fused-ring (bicyclic) bond motifs is 6. The standard InChI is InChI=1S/C27H23F2N3O4S/c28-19-7-6-16-18(22(19)29)13-37-26-15-3-1-2-14(15)4-5-17(26)23(16)32-21-12-36-11-10-30(21)27(35)24-25(34)20(33)8-9-31(24)32/h4-9,21,23,34H,1-3,10-13H2/t21-,23-/m1/s1. The molecule has 0 saturated carbocycles. The van der Waals surface area contributed by atoms with Gasteiger partial charge in [0.25, 0.3) is 5.91 Å². The lowest BCUT2D eigenvalue weighted by molar-refractivity contribution is -0.0197. The number of nitrogens with zero attached hydrogens (tertiary/aromatic N) is 3. The van der Waals surface area contributed by atoms with Crippen LogP contribution in [-0.4, -0.2) is 46.5 Å². The first-order chi connectivity index (χ1) is 18.0. The Morgan fingerprint density at radius 3 is 2.73 bits per heavy atom. The van der Waals surface area contributed by atoms with Gasteiger partial charge in [-0.2, -0.15) is 0 Å². The third-order valence-corrected chi connectivity index (χ3v) is 9.09. The molecule has 3 aliphatic heterocycles. The quantitative estimate of drug-likeness (QED) is 0.527. The van der Waals surface area contributed by atoms with E-state index in [9.17, 15) is 19.1 Å². The predicted molar refractivity (Wildman–Crippen MR) is 132 cm³/mol. The molecule has 7 nitrogen and oxygen atoms in total. The number of amides is 1. The van der Waals surface area contributed by atoms with Crippen LogP contribution in [0, 0.1) is 11.6 Å². The first-order valence-electron chi connectivity index (χ1n) is 12.3. The van der Waals surface area contributed by atoms with Crippen molar-refractivity contribution in [1.29, 1.82) is 0 Å². The van der Waals surface area contributed by atoms with Crippen LogP contribution in [0.25, 0.3) is 0 Å². The molecule has 2 atom stereocenters. The first kappa shape index (κ1) is 22.8. The Hall–Kier alpha value is -3.37. The number of aromatic nitrogens is 1. The Morgan fingerprint density at radius 2 is 1.86 bits per heavy atom. The second-order valence-corrected chi connectivity index (χ2v) is 10.7. The third kappa shape index (κ3) is 3.21. The van der Waals surface area contributed by atoms with E-state index in [0.29, 0.717) is 12.2 Å². The maximum atomic E-state index is 15.3. The fourth-order valence-corrected chi connectivity index (χ4v) is 7.51. The predicted octanol–water partition coefficient (Wildman–Crippen LogP) is 3.47. The molecular weight excluding hydrogens is 500 g/mol. The summed E-state index contributed by atoms with van der Waals surface area (Å²) in [6.07, 6.45) is 3.79. The molecule has 4 aliphatic rings. The summed E-state index contributed by atoms with van der Waals surface area (Å²) in [4.78, 5) is 28.5. The summed E-state index contributed by atoms with van der Waals surface area (Å²) >= 11 is 1.51. The molecule has 1 amide bonds. The highest BCUT2D eigenvalue weighted by Gasteiger charge is 2.46. The monoisotopic (exact) mass is 523 g/mol. The van der Waals surface area contributed by atoms with Gasteiger partial charge in [0.15, 0.2) is 23.1 Å². The smallest absolute Gasteiger partial charge is 0.278 e. The van der Waals surface area contributed by atoms with Crippen LogP contribution < -0.4 is 10.4 Å². The zero-order valence-electron chi connectivity index (χ0n) is 19.7. The molecule has 0 bridgehead atoms. The van der Waals surface area contributed by atoms with Crippen molar-refractivity contribution < 1.29 is 23.4 Å². The number of aryl methyl sites for hydroxylation is 1. The van der Waals surface area contributed by atoms with Gasteiger partial charge < -0.3 is 14.7 Å². The van der Waals surface area contributed by atoms with E-state index < -0.39 is 40.9 Å². The maximum absolute atomic E-state index is 15.3. The topological polar surface area (TPSA) is 75.0 Å². The lowest BCUT2D eigenvalue weighted by atomic mass is 9.91. The molecule has 1 N–H and O–H groups in total. The average Bonchev–Trinajstić information content (AvgIpc) is 3.32. The van der Waals surface area contributed by atoms with Gasteiger partial charge in [0.05, 0.1) is 19.3 Å². The lowest BCUT2D eigenvalue weighted by Gasteiger charge is -2.51. The number of aromatic hydroxyl groups is 1. The van der Waals surface area contributed by atoms with Gasteiger partial charge in [0, 0.05) is 35.0 Å². The van der Waals surface area contributed by atoms with Gasteiger partial charge in [0.2, 0.25) is 5.43 Å². The zero-order valence-corrected chi connectivity index (χ0v) is 20.6. The van der Waals surface area contributed by atoms with Crippen LogP contribution >= 0.6 is 11.8 Å². The van der Waals surface area contributed by atoms with Crippen molar-refractivity contribution in [3.63, 3.8) is 0 Å². The molecule has 1 aliphatic carbocycles. The number of morpholine rings is 1. The Balaban J connectivity index is 1.55. The molecule has 4 heterocycles. The van der Waals surface area contributed by atoms with Gasteiger partial charge in [-0.25, -0.2) is 8.78 Å². The summed E-state index contributed by atoms with van der Waals surface area (Å²) < 4.78 is 37.1. The highest BCUT2D eigenvalue weighted by Crippen LogP contribution is 2.48. The van der Waals surface area contributed by atoms with Crippen molar-refractivity contribution in [1.82, 2.24) is 9.58 Å². The molecular formula is C27H23F2N3O4S. The number of carbonyl (C=O) groups excluding carboxylic acids is 1. The van der Waals surface area contributed by atoms with Gasteiger partial charge in [0.1, 0.15) is 6.17 Å². The Morgan fingerprint density at radius 1 is 1.03 bits per heavy atom. The highest BCUT2D eigenvalue weighted by atomic mass is 32.2. The highest BCUT2D eigenvalue weighted by molar-refractivity contribution is 7.98. The molecule has 3 aromatic rings. The van der Waals surface area contributed by atoms with Gasteiger partial charge >= 0.3 is 0 Å². The summed E-state index contributed by atoms with van der Waals surface area (Å²) in [5, 5.41) is 12.6. The average molecular weight is 524 g/mol. The second kappa shape index (κ2) is 8.32. The summed E-state index contributed by atoms with van der Waals surface area (Å²) in [7, 11) is 0. The van der Waals surface area contributed by atoms with E-state index in [-0.39, 0.29) is 30.2 Å². The SMILES string of the molecule is O=C1c2c(O)c(=O)ccn2N([C@@H]2c3ccc(F)c(F)c3CSc3c2ccc2c3CCC2)[C@@H]2COCCN12. The maximum Gasteiger partial charge on any atom is 0.278 e. The van der Waals surface area contributed by atoms with Crippen LogP contribution in [0.5, 0.6) is 5.75 Å². The van der Waals surface area contributed by atoms with E-state index in [1.807, 2.05) is 11.1 Å². The molecule has 0 radical (unpaired) electrons. The molecule has 0 unspecified atom stereocenters. The van der Waals surface area contributed by atoms with E-state index in [0.717, 1.165) is 35.8 Å². The van der Waals surface area contributed by atoms with Crippen LogP contribution in [0.15, 0.2) is 46.2 Å². The Labute approximate surface area is 215 Å². The molecule has 2 aromatic carbocycles. The molecule has 37 heavy (non-hydrogen) atoms. The Bertz CT molecular complexity index is 1540. The number of benzene rings is 2. The van der Waals surface area contributed by atoms with E-state index in [2.05, 4.69) is 6.07 Å². The summed E-state index contributed by atoms with van der Waals surface area (Å²) in [6.45, 7) is 0.765. The normalized spacial score (nSPS) is 22.1. The minimum Gasteiger partial charge on any atom is -0.502 e. The van der Waals surface area contributed by atoms with E-state index in [4.69, 9.17) is 4.74 Å². The van der Waals surface area contributed by atoms with Crippen molar-refractivity contribution in [3.05, 3.63) is 91.9 Å². The molecule has 1 fully saturated rings. The summed E-state index contributed by atoms with van der Waals surface area (Å²) in [6, 6.07) is 7.46. The van der Waals surface area contributed by atoms with Gasteiger partial charge in [-0.05, 0) is 47.6 Å². The van der Waals surface area contributed by atoms with E-state index in [1.54, 1.807) is 11.0 Å². The molecule has 1 saturated heterocycles. The first-order valence-corrected chi connectivity index (χ1v) is 13.3. The minimum absolute atomic E-state index is 0.144. The largest absolute Gasteiger partial charge is 0.502 e. The number of rotatable bonds is 1. The van der Waals surface area contributed by atoms with Crippen molar-refractivity contribution in [2.45, 2.75) is 42.1 Å². The van der Waals surface area contributed by atoms with Crippen molar-refractivity contribution in [3.8, 4) is 5.75 Å². The van der Waals surface area contributed by atoms with Crippen LogP contribution in [0.3, 0.4) is 0 Å². The van der Waals surface area contributed by atoms with Crippen LogP contribution in [0.1, 0.15) is 50.8 Å². The van der Waals surface area contributed by atoms with Crippen LogP contribution in [0.4, 0.5) is 8.78 Å². The van der Waals surface area contributed by atoms with Gasteiger partial charge in [-0.1, -0.05) is 18.2 Å². The second-order valence-electron chi connectivity index (χ2n) is 9.75. The molecule has 10 heteroatoms. The fourth-order valence-electron chi connectivity index (χ4n) is 6.18. The third-order valence-electron chi connectivity index (χ3n) is 7.88. The Kier molecular flexibility index (Phi) is 5.13. The minimum atomic E-state index is -0.910. The van der Waals surface area contributed by atoms with E-state index >= 15 is 4.39 Å². The van der Waals surface area contributed by atoms with E-state index in [1.165, 1.54) is 39.8 Å². The number of pyridine rings is 1. The molecule has 190 valence electrons. The molecule has 0 spiro atoms. The van der Waals surface area contributed by atoms with Crippen LogP contribution in [-0.2, 0) is 23.3 Å².